The van der Waals surface area contributed by atoms with Crippen LogP contribution < -0.4 is 4.90 Å². The van der Waals surface area contributed by atoms with Crippen molar-refractivity contribution >= 4 is 27.6 Å². The van der Waals surface area contributed by atoms with E-state index >= 15 is 0 Å². The van der Waals surface area contributed by atoms with E-state index in [1.807, 2.05) is 6.07 Å². The molecule has 8 heteroatoms. The van der Waals surface area contributed by atoms with E-state index in [9.17, 15) is 5.11 Å². The summed E-state index contributed by atoms with van der Waals surface area (Å²) < 4.78 is 11.2. The van der Waals surface area contributed by atoms with Crippen molar-refractivity contribution in [3.8, 4) is 23.7 Å². The molecule has 2 fully saturated rings. The summed E-state index contributed by atoms with van der Waals surface area (Å²) >= 11 is 1.38. The first-order valence-corrected chi connectivity index (χ1v) is 11.2. The first kappa shape index (κ1) is 19.5. The van der Waals surface area contributed by atoms with Gasteiger partial charge in [0.05, 0.1) is 29.6 Å². The Kier molecular flexibility index (Phi) is 4.97. The fourth-order valence-electron chi connectivity index (χ4n) is 4.56. The topological polar surface area (TPSA) is 87.2 Å². The van der Waals surface area contributed by atoms with Gasteiger partial charge in [0.25, 0.3) is 0 Å². The molecule has 4 heterocycles. The maximum atomic E-state index is 11.7. The monoisotopic (exact) mass is 423 g/mol. The van der Waals surface area contributed by atoms with Crippen LogP contribution in [0.5, 0.6) is 0 Å². The Balaban J connectivity index is 1.66. The zero-order valence-electron chi connectivity index (χ0n) is 17.0. The quantitative estimate of drug-likeness (QED) is 0.629. The minimum absolute atomic E-state index is 0.212. The average Bonchev–Trinajstić information content (AvgIpc) is 3.43. The number of H-pyrrole nitrogens is 1. The lowest BCUT2D eigenvalue weighted by Crippen LogP contribution is -2.44. The lowest BCUT2D eigenvalue weighted by Gasteiger charge is -2.37. The highest BCUT2D eigenvalue weighted by atomic mass is 32.1. The summed E-state index contributed by atoms with van der Waals surface area (Å²) in [4.78, 5) is 7.26. The summed E-state index contributed by atoms with van der Waals surface area (Å²) in [6.45, 7) is 4.24. The van der Waals surface area contributed by atoms with Crippen LogP contribution in [0.4, 0.5) is 5.82 Å². The van der Waals surface area contributed by atoms with Gasteiger partial charge in [-0.25, -0.2) is 4.98 Å². The first-order chi connectivity index (χ1) is 14.6. The molecule has 3 aromatic rings. The first-order valence-electron chi connectivity index (χ1n) is 10.4. The molecule has 2 aliphatic rings. The number of aromatic nitrogens is 4. The Labute approximate surface area is 179 Å². The molecule has 2 N–H and O–H groups in total. The maximum Gasteiger partial charge on any atom is 0.131 e. The summed E-state index contributed by atoms with van der Waals surface area (Å²) in [6, 6.07) is 4.17. The Morgan fingerprint density at radius 3 is 2.93 bits per heavy atom. The second-order valence-electron chi connectivity index (χ2n) is 8.29. The van der Waals surface area contributed by atoms with Crippen molar-refractivity contribution in [2.75, 3.05) is 24.7 Å². The number of aromatic amines is 1. The van der Waals surface area contributed by atoms with Crippen LogP contribution in [0.25, 0.3) is 21.6 Å². The van der Waals surface area contributed by atoms with Gasteiger partial charge in [-0.2, -0.15) is 9.47 Å². The van der Waals surface area contributed by atoms with Gasteiger partial charge < -0.3 is 14.7 Å². The van der Waals surface area contributed by atoms with Crippen molar-refractivity contribution in [1.82, 2.24) is 19.6 Å². The molecule has 1 aliphatic carbocycles. The van der Waals surface area contributed by atoms with E-state index in [1.165, 1.54) is 11.5 Å². The number of terminal acetylenes is 1. The van der Waals surface area contributed by atoms with Crippen LogP contribution in [0.2, 0.25) is 0 Å². The second kappa shape index (κ2) is 7.65. The predicted molar refractivity (Wildman–Crippen MR) is 117 cm³/mol. The van der Waals surface area contributed by atoms with Crippen LogP contribution in [0.3, 0.4) is 0 Å². The van der Waals surface area contributed by atoms with Crippen LogP contribution in [-0.4, -0.2) is 50.5 Å². The molecule has 1 atom stereocenters. The highest BCUT2D eigenvalue weighted by molar-refractivity contribution is 7.13. The number of nitrogens with zero attached hydrogens (tertiary/aromatic N) is 4. The fourth-order valence-corrected chi connectivity index (χ4v) is 5.50. The van der Waals surface area contributed by atoms with Gasteiger partial charge in [-0.15, -0.1) is 12.3 Å². The lowest BCUT2D eigenvalue weighted by atomic mass is 9.75. The molecular formula is C22H25N5O2S. The number of fused-ring (bicyclic) bond motifs is 1. The number of nitrogens with one attached hydrogen (secondary N) is 1. The zero-order chi connectivity index (χ0) is 20.7. The molecule has 1 aliphatic heterocycles. The molecule has 0 spiro atoms. The normalized spacial score (nSPS) is 27.3. The van der Waals surface area contributed by atoms with Crippen molar-refractivity contribution in [3.63, 3.8) is 0 Å². The predicted octanol–water partition coefficient (Wildman–Crippen LogP) is 3.32. The summed E-state index contributed by atoms with van der Waals surface area (Å²) in [6.07, 6.45) is 10.4. The molecule has 30 heavy (non-hydrogen) atoms. The summed E-state index contributed by atoms with van der Waals surface area (Å²) in [5, 5.41) is 18.9. The molecule has 0 radical (unpaired) electrons. The molecule has 0 bridgehead atoms. The minimum atomic E-state index is -0.922. The molecule has 0 amide bonds. The van der Waals surface area contributed by atoms with E-state index in [4.69, 9.17) is 16.1 Å². The fraction of sp³-hybridized carbons (Fsp3) is 0.500. The van der Waals surface area contributed by atoms with Gasteiger partial charge in [0.15, 0.2) is 0 Å². The van der Waals surface area contributed by atoms with E-state index in [0.29, 0.717) is 26.1 Å². The molecule has 0 aromatic carbocycles. The third kappa shape index (κ3) is 3.27. The van der Waals surface area contributed by atoms with Crippen LogP contribution in [0.1, 0.15) is 38.2 Å². The van der Waals surface area contributed by atoms with E-state index < -0.39 is 5.60 Å². The SMILES string of the molecule is C#CC1CCC(O)(c2cc(N3CCOC[C@H]3C)nc3c(-c4cc[nH]n4)nsc23)CC1. The number of aliphatic hydroxyl groups is 1. The summed E-state index contributed by atoms with van der Waals surface area (Å²) in [7, 11) is 0. The number of rotatable bonds is 3. The third-order valence-electron chi connectivity index (χ3n) is 6.37. The lowest BCUT2D eigenvalue weighted by molar-refractivity contribution is -0.00646. The Morgan fingerprint density at radius 1 is 1.40 bits per heavy atom. The van der Waals surface area contributed by atoms with Crippen molar-refractivity contribution in [2.45, 2.75) is 44.2 Å². The molecule has 7 nitrogen and oxygen atoms in total. The van der Waals surface area contributed by atoms with E-state index in [2.05, 4.69) is 38.4 Å². The molecule has 3 aromatic heterocycles. The largest absolute Gasteiger partial charge is 0.385 e. The highest BCUT2D eigenvalue weighted by Crippen LogP contribution is 2.45. The molecule has 1 saturated heterocycles. The van der Waals surface area contributed by atoms with Gasteiger partial charge in [-0.05, 0) is 56.3 Å². The van der Waals surface area contributed by atoms with Gasteiger partial charge in [-0.3, -0.25) is 5.10 Å². The second-order valence-corrected chi connectivity index (χ2v) is 9.06. The zero-order valence-corrected chi connectivity index (χ0v) is 17.8. The van der Waals surface area contributed by atoms with E-state index in [1.54, 1.807) is 6.20 Å². The number of pyridine rings is 1. The van der Waals surface area contributed by atoms with Crippen LogP contribution >= 0.6 is 11.5 Å². The average molecular weight is 424 g/mol. The van der Waals surface area contributed by atoms with Crippen LogP contribution in [0, 0.1) is 18.3 Å². The Hall–Kier alpha value is -2.47. The number of hydrogen-bond donors (Lipinski definition) is 2. The third-order valence-corrected chi connectivity index (χ3v) is 7.24. The summed E-state index contributed by atoms with van der Waals surface area (Å²) in [5.41, 5.74) is 2.30. The molecule has 156 valence electrons. The van der Waals surface area contributed by atoms with Crippen LogP contribution in [0.15, 0.2) is 18.3 Å². The Bertz CT molecular complexity index is 1080. The number of anilines is 1. The molecule has 5 rings (SSSR count). The van der Waals surface area contributed by atoms with E-state index in [-0.39, 0.29) is 12.0 Å². The smallest absolute Gasteiger partial charge is 0.131 e. The van der Waals surface area contributed by atoms with Crippen molar-refractivity contribution in [2.24, 2.45) is 5.92 Å². The number of morpholine rings is 1. The number of hydrogen-bond acceptors (Lipinski definition) is 7. The van der Waals surface area contributed by atoms with Crippen LogP contribution in [-0.2, 0) is 10.3 Å². The van der Waals surface area contributed by atoms with Crippen molar-refractivity contribution in [1.29, 1.82) is 0 Å². The molecule has 1 saturated carbocycles. The van der Waals surface area contributed by atoms with Crippen molar-refractivity contribution < 1.29 is 9.84 Å². The summed E-state index contributed by atoms with van der Waals surface area (Å²) in [5.74, 6) is 3.95. The van der Waals surface area contributed by atoms with Gasteiger partial charge in [0, 0.05) is 24.2 Å². The Morgan fingerprint density at radius 2 is 2.23 bits per heavy atom. The maximum absolute atomic E-state index is 11.7. The molecular weight excluding hydrogens is 398 g/mol. The standard InChI is InChI=1S/C22H25N5O2S/c1-3-15-4-7-22(28,8-5-15)16-12-18(27-10-11-29-13-14(27)2)24-20-19(26-30-21(16)20)17-6-9-23-25-17/h1,6,9,12,14-15,28H,4-5,7-8,10-11,13H2,2H3,(H,23,25)/t14-,15?,22?/m1/s1. The molecule has 0 unspecified atom stereocenters. The number of ether oxygens (including phenoxy) is 1. The van der Waals surface area contributed by atoms with Gasteiger partial charge in [-0.1, -0.05) is 0 Å². The van der Waals surface area contributed by atoms with Gasteiger partial charge in [0.2, 0.25) is 0 Å². The minimum Gasteiger partial charge on any atom is -0.385 e. The van der Waals surface area contributed by atoms with Gasteiger partial charge in [0.1, 0.15) is 22.7 Å². The highest BCUT2D eigenvalue weighted by Gasteiger charge is 2.38. The van der Waals surface area contributed by atoms with Gasteiger partial charge >= 0.3 is 0 Å². The van der Waals surface area contributed by atoms with Crippen molar-refractivity contribution in [3.05, 3.63) is 23.9 Å². The van der Waals surface area contributed by atoms with E-state index in [0.717, 1.165) is 52.4 Å².